The third-order valence-corrected chi connectivity index (χ3v) is 6.77. The van der Waals surface area contributed by atoms with Gasteiger partial charge in [0.1, 0.15) is 23.0 Å². The molecule has 1 saturated heterocycles. The minimum atomic E-state index is -2.96. The number of aromatic nitrogens is 3. The van der Waals surface area contributed by atoms with E-state index in [-0.39, 0.29) is 35.4 Å². The van der Waals surface area contributed by atoms with E-state index in [1.165, 1.54) is 29.6 Å². The van der Waals surface area contributed by atoms with Crippen molar-refractivity contribution >= 4 is 28.3 Å². The number of ether oxygens (including phenoxy) is 1. The van der Waals surface area contributed by atoms with Crippen LogP contribution in [0.2, 0.25) is 0 Å². The van der Waals surface area contributed by atoms with Gasteiger partial charge in [-0.25, -0.2) is 27.5 Å². The molecule has 2 N–H and O–H groups in total. The van der Waals surface area contributed by atoms with Crippen molar-refractivity contribution in [3.63, 3.8) is 0 Å². The van der Waals surface area contributed by atoms with Crippen LogP contribution < -0.4 is 5.73 Å². The Balaban J connectivity index is 1.46. The van der Waals surface area contributed by atoms with Crippen molar-refractivity contribution in [3.8, 4) is 0 Å². The summed E-state index contributed by atoms with van der Waals surface area (Å²) in [5.74, 6) is -2.22. The number of nitrogens with zero attached hydrogens (tertiary/aromatic N) is 4. The number of nitrogens with two attached hydrogens (primary N) is 1. The molecule has 0 radical (unpaired) electrons. The number of rotatable bonds is 2. The smallest absolute Gasteiger partial charge is 0.266 e. The fourth-order valence-electron chi connectivity index (χ4n) is 5.27. The predicted molar refractivity (Wildman–Crippen MR) is 118 cm³/mol. The van der Waals surface area contributed by atoms with Gasteiger partial charge in [-0.15, -0.1) is 0 Å². The summed E-state index contributed by atoms with van der Waals surface area (Å²) in [7, 11) is 0. The first kappa shape index (κ1) is 21.8. The normalized spacial score (nSPS) is 21.7. The molecule has 0 bridgehead atoms. The topological polar surface area (TPSA) is 85.8 Å². The number of anilines is 1. The zero-order valence-electron chi connectivity index (χ0n) is 18.4. The molecule has 4 aromatic rings. The largest absolute Gasteiger partial charge is 0.382 e. The van der Waals surface area contributed by atoms with E-state index in [9.17, 15) is 18.0 Å². The van der Waals surface area contributed by atoms with E-state index >= 15 is 4.39 Å². The average molecular weight is 485 g/mol. The summed E-state index contributed by atoms with van der Waals surface area (Å²) in [6, 6.07) is 4.23. The Morgan fingerprint density at radius 3 is 2.80 bits per heavy atom. The molecule has 0 spiro atoms. The number of halogens is 4. The van der Waals surface area contributed by atoms with Gasteiger partial charge in [-0.3, -0.25) is 9.20 Å². The summed E-state index contributed by atoms with van der Waals surface area (Å²) in [5.41, 5.74) is 6.73. The highest BCUT2D eigenvalue weighted by Gasteiger charge is 2.46. The minimum Gasteiger partial charge on any atom is -0.382 e. The van der Waals surface area contributed by atoms with Gasteiger partial charge in [-0.1, -0.05) is 12.1 Å². The number of hydrogen-bond donors (Lipinski definition) is 1. The molecular weight excluding hydrogens is 466 g/mol. The summed E-state index contributed by atoms with van der Waals surface area (Å²) in [6.07, 6.45) is -0.971. The van der Waals surface area contributed by atoms with Crippen LogP contribution in [0.15, 0.2) is 36.8 Å². The molecule has 2 aromatic carbocycles. The first-order valence-electron chi connectivity index (χ1n) is 11.0. The highest BCUT2D eigenvalue weighted by atomic mass is 19.3. The molecule has 0 unspecified atom stereocenters. The van der Waals surface area contributed by atoms with Crippen molar-refractivity contribution in [2.45, 2.75) is 38.0 Å². The van der Waals surface area contributed by atoms with Gasteiger partial charge in [-0.05, 0) is 24.1 Å². The Kier molecular flexibility index (Phi) is 4.75. The number of nitrogen functional groups attached to an aromatic ring is 1. The van der Waals surface area contributed by atoms with Gasteiger partial charge in [0.25, 0.3) is 12.3 Å². The van der Waals surface area contributed by atoms with Gasteiger partial charge in [0, 0.05) is 19.0 Å². The first-order chi connectivity index (χ1) is 16.7. The summed E-state index contributed by atoms with van der Waals surface area (Å²) in [4.78, 5) is 23.4. The van der Waals surface area contributed by atoms with E-state index < -0.39 is 47.8 Å². The number of fused-ring (bicyclic) bond motifs is 6. The SMILES string of the molecule is C[C@@H]1CN(C(=O)c2cc3c(cc2F)nc(N)c2cncn23)[C@H]2c3ccc(C(F)F)c(F)c3C[C@H]2O1. The van der Waals surface area contributed by atoms with Gasteiger partial charge >= 0.3 is 0 Å². The Bertz CT molecular complexity index is 1520. The molecule has 7 nitrogen and oxygen atoms in total. The Morgan fingerprint density at radius 1 is 1.23 bits per heavy atom. The van der Waals surface area contributed by atoms with Gasteiger partial charge in [0.15, 0.2) is 0 Å². The van der Waals surface area contributed by atoms with Gasteiger partial charge in [0.2, 0.25) is 0 Å². The monoisotopic (exact) mass is 485 g/mol. The van der Waals surface area contributed by atoms with Crippen LogP contribution in [0.25, 0.3) is 16.6 Å². The van der Waals surface area contributed by atoms with Crippen LogP contribution in [0.4, 0.5) is 23.4 Å². The second-order valence-corrected chi connectivity index (χ2v) is 8.90. The number of alkyl halides is 2. The third-order valence-electron chi connectivity index (χ3n) is 6.77. The molecular formula is C24H19F4N5O2. The molecule has 3 heterocycles. The van der Waals surface area contributed by atoms with Crippen molar-refractivity contribution in [1.29, 1.82) is 0 Å². The number of amides is 1. The molecule has 3 atom stereocenters. The van der Waals surface area contributed by atoms with Gasteiger partial charge in [0.05, 0.1) is 52.9 Å². The fourth-order valence-corrected chi connectivity index (χ4v) is 5.27. The highest BCUT2D eigenvalue weighted by Crippen LogP contribution is 2.44. The van der Waals surface area contributed by atoms with Crippen LogP contribution in [0.1, 0.15) is 46.4 Å². The van der Waals surface area contributed by atoms with Crippen LogP contribution in [-0.4, -0.2) is 43.9 Å². The molecule has 2 aromatic heterocycles. The highest BCUT2D eigenvalue weighted by molar-refractivity contribution is 5.99. The lowest BCUT2D eigenvalue weighted by molar-refractivity contribution is -0.0938. The Hall–Kier alpha value is -3.73. The molecule has 35 heavy (non-hydrogen) atoms. The van der Waals surface area contributed by atoms with E-state index in [1.807, 2.05) is 0 Å². The van der Waals surface area contributed by atoms with Crippen molar-refractivity contribution in [3.05, 3.63) is 70.7 Å². The van der Waals surface area contributed by atoms with E-state index in [4.69, 9.17) is 10.5 Å². The molecule has 1 fully saturated rings. The zero-order chi connectivity index (χ0) is 24.6. The standard InChI is InChI=1S/C24H19F4N5O2/c1-10-8-32(21-11-2-3-12(22(27)28)20(26)13(11)5-19(21)35-10)24(34)14-4-17-16(6-15(14)25)31-23(29)18-7-30-9-33(17)18/h2-4,6-7,9-10,19,21-22H,5,8H2,1H3,(H2,29,31)/t10-,19-,21+/m1/s1. The summed E-state index contributed by atoms with van der Waals surface area (Å²) in [5, 5.41) is 0. The molecule has 0 saturated carbocycles. The zero-order valence-corrected chi connectivity index (χ0v) is 18.4. The van der Waals surface area contributed by atoms with Crippen molar-refractivity contribution in [2.75, 3.05) is 12.3 Å². The first-order valence-corrected chi connectivity index (χ1v) is 11.0. The van der Waals surface area contributed by atoms with E-state index in [2.05, 4.69) is 9.97 Å². The molecule has 6 rings (SSSR count). The average Bonchev–Trinajstić information content (AvgIpc) is 3.44. The van der Waals surface area contributed by atoms with Gasteiger partial charge in [-0.2, -0.15) is 0 Å². The summed E-state index contributed by atoms with van der Waals surface area (Å²) in [6.45, 7) is 1.87. The Morgan fingerprint density at radius 2 is 2.03 bits per heavy atom. The van der Waals surface area contributed by atoms with Crippen LogP contribution in [0.5, 0.6) is 0 Å². The van der Waals surface area contributed by atoms with E-state index in [0.29, 0.717) is 16.6 Å². The minimum absolute atomic E-state index is 0.0412. The number of morpholine rings is 1. The van der Waals surface area contributed by atoms with Gasteiger partial charge < -0.3 is 15.4 Å². The van der Waals surface area contributed by atoms with Crippen LogP contribution >= 0.6 is 0 Å². The molecule has 1 aliphatic heterocycles. The second-order valence-electron chi connectivity index (χ2n) is 8.90. The maximum Gasteiger partial charge on any atom is 0.266 e. The number of benzene rings is 2. The summed E-state index contributed by atoms with van der Waals surface area (Å²) >= 11 is 0. The molecule has 180 valence electrons. The molecule has 1 amide bonds. The Labute approximate surface area is 196 Å². The molecule has 2 aliphatic rings. The van der Waals surface area contributed by atoms with Crippen LogP contribution in [0, 0.1) is 11.6 Å². The predicted octanol–water partition coefficient (Wildman–Crippen LogP) is 4.21. The maximum absolute atomic E-state index is 15.2. The number of carbonyl (C=O) groups is 1. The number of carbonyl (C=O) groups excluding carboxylic acids is 1. The fraction of sp³-hybridized carbons (Fsp3) is 0.292. The quantitative estimate of drug-likeness (QED) is 0.430. The van der Waals surface area contributed by atoms with Crippen LogP contribution in [0.3, 0.4) is 0 Å². The number of hydrogen-bond acceptors (Lipinski definition) is 5. The lowest BCUT2D eigenvalue weighted by Gasteiger charge is -2.41. The number of imidazole rings is 1. The van der Waals surface area contributed by atoms with E-state index in [0.717, 1.165) is 12.1 Å². The molecule has 11 heteroatoms. The van der Waals surface area contributed by atoms with Crippen molar-refractivity contribution in [1.82, 2.24) is 19.3 Å². The summed E-state index contributed by atoms with van der Waals surface area (Å²) < 4.78 is 64.1. The third kappa shape index (κ3) is 3.18. The van der Waals surface area contributed by atoms with Crippen molar-refractivity contribution in [2.24, 2.45) is 0 Å². The van der Waals surface area contributed by atoms with Crippen molar-refractivity contribution < 1.29 is 27.1 Å². The lowest BCUT2D eigenvalue weighted by Crippen LogP contribution is -2.50. The molecule has 1 aliphatic carbocycles. The second kappa shape index (κ2) is 7.64. The maximum atomic E-state index is 15.2. The van der Waals surface area contributed by atoms with Crippen LogP contribution in [-0.2, 0) is 11.2 Å². The lowest BCUT2D eigenvalue weighted by atomic mass is 10.00. The van der Waals surface area contributed by atoms with E-state index in [1.54, 1.807) is 11.3 Å².